The summed E-state index contributed by atoms with van der Waals surface area (Å²) in [6.07, 6.45) is 2.56. The molecule has 2 aromatic carbocycles. The molecule has 1 saturated heterocycles. The van der Waals surface area contributed by atoms with Gasteiger partial charge >= 0.3 is 0 Å². The third-order valence-electron chi connectivity index (χ3n) is 4.75. The Hall–Kier alpha value is -2.31. The van der Waals surface area contributed by atoms with Crippen molar-refractivity contribution < 1.29 is 8.78 Å². The molecule has 0 bridgehead atoms. The first-order chi connectivity index (χ1) is 13.2. The molecule has 0 radical (unpaired) electrons. The van der Waals surface area contributed by atoms with Gasteiger partial charge in [0.15, 0.2) is 5.13 Å². The second kappa shape index (κ2) is 8.15. The fraction of sp³-hybridized carbons (Fsp3) is 0.286. The number of aromatic nitrogens is 1. The van der Waals surface area contributed by atoms with E-state index in [0.717, 1.165) is 39.9 Å². The van der Waals surface area contributed by atoms with E-state index < -0.39 is 0 Å². The van der Waals surface area contributed by atoms with Crippen LogP contribution >= 0.6 is 11.3 Å². The number of thiazole rings is 1. The van der Waals surface area contributed by atoms with Crippen molar-refractivity contribution in [2.24, 2.45) is 0 Å². The fourth-order valence-corrected chi connectivity index (χ4v) is 4.34. The highest BCUT2D eigenvalue weighted by Crippen LogP contribution is 2.39. The molecule has 0 aliphatic carbocycles. The highest BCUT2D eigenvalue weighted by atomic mass is 32.1. The lowest BCUT2D eigenvalue weighted by Crippen LogP contribution is -2.25. The summed E-state index contributed by atoms with van der Waals surface area (Å²) in [5.41, 5.74) is 2.54. The van der Waals surface area contributed by atoms with Crippen LogP contribution in [0, 0.1) is 11.6 Å². The van der Waals surface area contributed by atoms with Crippen molar-refractivity contribution in [3.63, 3.8) is 0 Å². The van der Waals surface area contributed by atoms with Crippen LogP contribution in [-0.2, 0) is 0 Å². The normalized spacial score (nSPS) is 14.6. The topological polar surface area (TPSA) is 28.2 Å². The molecule has 0 spiro atoms. The van der Waals surface area contributed by atoms with Crippen LogP contribution in [-0.4, -0.2) is 36.1 Å². The number of nitrogens with zero attached hydrogens (tertiary/aromatic N) is 2. The smallest absolute Gasteiger partial charge is 0.183 e. The minimum atomic E-state index is -0.277. The van der Waals surface area contributed by atoms with Gasteiger partial charge in [0.25, 0.3) is 0 Å². The number of likely N-dealkylation sites (tertiary alicyclic amines) is 1. The van der Waals surface area contributed by atoms with Crippen LogP contribution in [0.15, 0.2) is 48.5 Å². The first-order valence-electron chi connectivity index (χ1n) is 9.18. The molecule has 0 atom stereocenters. The summed E-state index contributed by atoms with van der Waals surface area (Å²) in [7, 11) is 0. The van der Waals surface area contributed by atoms with Crippen molar-refractivity contribution in [2.75, 3.05) is 31.5 Å². The lowest BCUT2D eigenvalue weighted by Gasteiger charge is -2.14. The van der Waals surface area contributed by atoms with Crippen LogP contribution in [0.4, 0.5) is 13.9 Å². The number of rotatable bonds is 6. The molecule has 0 unspecified atom stereocenters. The maximum Gasteiger partial charge on any atom is 0.183 e. The molecule has 0 saturated carbocycles. The van der Waals surface area contributed by atoms with E-state index in [2.05, 4.69) is 10.2 Å². The third-order valence-corrected chi connectivity index (χ3v) is 5.82. The van der Waals surface area contributed by atoms with Crippen LogP contribution in [0.25, 0.3) is 21.7 Å². The second-order valence-electron chi connectivity index (χ2n) is 6.69. The summed E-state index contributed by atoms with van der Waals surface area (Å²) in [5, 5.41) is 4.24. The van der Waals surface area contributed by atoms with E-state index in [1.165, 1.54) is 50.2 Å². The zero-order valence-electron chi connectivity index (χ0n) is 14.9. The molecule has 1 N–H and O–H groups in total. The standard InChI is InChI=1S/C21H21F2N3S/c22-17-7-3-15(4-8-17)19-20(16-5-9-18(23)10-6-16)27-21(25-19)24-11-14-26-12-1-2-13-26/h3-10H,1-2,11-14H2,(H,24,25). The quantitative estimate of drug-likeness (QED) is 0.627. The minimum Gasteiger partial charge on any atom is -0.360 e. The largest absolute Gasteiger partial charge is 0.360 e. The zero-order valence-corrected chi connectivity index (χ0v) is 15.7. The number of halogens is 2. The van der Waals surface area contributed by atoms with Gasteiger partial charge in [-0.1, -0.05) is 23.5 Å². The predicted octanol–water partition coefficient (Wildman–Crippen LogP) is 5.26. The maximum atomic E-state index is 13.3. The molecule has 6 heteroatoms. The molecule has 1 aliphatic heterocycles. The van der Waals surface area contributed by atoms with Gasteiger partial charge in [0.2, 0.25) is 0 Å². The zero-order chi connectivity index (χ0) is 18.6. The van der Waals surface area contributed by atoms with Crippen molar-refractivity contribution in [2.45, 2.75) is 12.8 Å². The van der Waals surface area contributed by atoms with Gasteiger partial charge in [-0.05, 0) is 67.9 Å². The minimum absolute atomic E-state index is 0.268. The van der Waals surface area contributed by atoms with Crippen molar-refractivity contribution in [3.8, 4) is 21.7 Å². The molecule has 1 fully saturated rings. The molecule has 4 rings (SSSR count). The Bertz CT molecular complexity index is 822. The Morgan fingerprint density at radius 2 is 1.48 bits per heavy atom. The highest BCUT2D eigenvalue weighted by molar-refractivity contribution is 7.19. The van der Waals surface area contributed by atoms with Crippen molar-refractivity contribution in [3.05, 3.63) is 60.2 Å². The van der Waals surface area contributed by atoms with Crippen molar-refractivity contribution in [1.29, 1.82) is 0 Å². The van der Waals surface area contributed by atoms with Crippen LogP contribution in [0.5, 0.6) is 0 Å². The Balaban J connectivity index is 1.59. The Morgan fingerprint density at radius 1 is 0.889 bits per heavy atom. The number of hydrogen-bond donors (Lipinski definition) is 1. The third kappa shape index (κ3) is 4.34. The van der Waals surface area contributed by atoms with E-state index in [0.29, 0.717) is 0 Å². The number of benzene rings is 2. The maximum absolute atomic E-state index is 13.3. The van der Waals surface area contributed by atoms with Gasteiger partial charge in [-0.3, -0.25) is 0 Å². The van der Waals surface area contributed by atoms with Crippen LogP contribution in [0.2, 0.25) is 0 Å². The highest BCUT2D eigenvalue weighted by Gasteiger charge is 2.16. The molecule has 0 amide bonds. The van der Waals surface area contributed by atoms with Gasteiger partial charge in [0.1, 0.15) is 11.6 Å². The lowest BCUT2D eigenvalue weighted by molar-refractivity contribution is 0.352. The molecule has 1 aromatic heterocycles. The molecule has 3 aromatic rings. The number of anilines is 1. The van der Waals surface area contributed by atoms with E-state index in [4.69, 9.17) is 4.98 Å². The van der Waals surface area contributed by atoms with Gasteiger partial charge in [0, 0.05) is 18.7 Å². The van der Waals surface area contributed by atoms with Gasteiger partial charge in [-0.15, -0.1) is 0 Å². The van der Waals surface area contributed by atoms with Crippen LogP contribution in [0.1, 0.15) is 12.8 Å². The fourth-order valence-electron chi connectivity index (χ4n) is 3.32. The van der Waals surface area contributed by atoms with E-state index in [1.807, 2.05) is 0 Å². The Kier molecular flexibility index (Phi) is 5.45. The lowest BCUT2D eigenvalue weighted by atomic mass is 10.1. The van der Waals surface area contributed by atoms with Gasteiger partial charge in [0.05, 0.1) is 10.6 Å². The average molecular weight is 385 g/mol. The summed E-state index contributed by atoms with van der Waals surface area (Å²) in [5.74, 6) is -0.545. The van der Waals surface area contributed by atoms with E-state index in [-0.39, 0.29) is 11.6 Å². The SMILES string of the molecule is Fc1ccc(-c2nc(NCCN3CCCC3)sc2-c2ccc(F)cc2)cc1. The van der Waals surface area contributed by atoms with Crippen molar-refractivity contribution >= 4 is 16.5 Å². The average Bonchev–Trinajstić information content (AvgIpc) is 3.33. The second-order valence-corrected chi connectivity index (χ2v) is 7.69. The van der Waals surface area contributed by atoms with Crippen LogP contribution in [0.3, 0.4) is 0 Å². The Morgan fingerprint density at radius 3 is 2.11 bits per heavy atom. The van der Waals surface area contributed by atoms with E-state index in [1.54, 1.807) is 35.6 Å². The van der Waals surface area contributed by atoms with Crippen molar-refractivity contribution in [1.82, 2.24) is 9.88 Å². The van der Waals surface area contributed by atoms with Gasteiger partial charge < -0.3 is 10.2 Å². The van der Waals surface area contributed by atoms with E-state index >= 15 is 0 Å². The molecule has 140 valence electrons. The summed E-state index contributed by atoms with van der Waals surface area (Å²) in [6.45, 7) is 4.17. The summed E-state index contributed by atoms with van der Waals surface area (Å²) >= 11 is 1.54. The summed E-state index contributed by atoms with van der Waals surface area (Å²) in [6, 6.07) is 12.7. The summed E-state index contributed by atoms with van der Waals surface area (Å²) < 4.78 is 26.6. The molecule has 3 nitrogen and oxygen atoms in total. The molecular formula is C21H21F2N3S. The molecule has 1 aliphatic rings. The molecular weight excluding hydrogens is 364 g/mol. The number of nitrogens with one attached hydrogen (secondary N) is 1. The van der Waals surface area contributed by atoms with Gasteiger partial charge in [-0.25, -0.2) is 13.8 Å². The van der Waals surface area contributed by atoms with E-state index in [9.17, 15) is 8.78 Å². The van der Waals surface area contributed by atoms with Gasteiger partial charge in [-0.2, -0.15) is 0 Å². The Labute approximate surface area is 161 Å². The predicted molar refractivity (Wildman–Crippen MR) is 107 cm³/mol. The summed E-state index contributed by atoms with van der Waals surface area (Å²) in [4.78, 5) is 8.14. The molecule has 27 heavy (non-hydrogen) atoms. The number of hydrogen-bond acceptors (Lipinski definition) is 4. The first kappa shape index (κ1) is 18.1. The monoisotopic (exact) mass is 385 g/mol. The van der Waals surface area contributed by atoms with Crippen LogP contribution < -0.4 is 5.32 Å². The molecule has 2 heterocycles. The first-order valence-corrected chi connectivity index (χ1v) is 9.99.